The average Bonchev–Trinajstić information content (AvgIpc) is 3.23. The minimum atomic E-state index is -4.54. The van der Waals surface area contributed by atoms with Gasteiger partial charge < -0.3 is 0 Å². The number of hydrogen-bond acceptors (Lipinski definition) is 6. The van der Waals surface area contributed by atoms with E-state index in [0.29, 0.717) is 10.6 Å². The first kappa shape index (κ1) is 18.0. The highest BCUT2D eigenvalue weighted by atomic mass is 32.1. The van der Waals surface area contributed by atoms with Gasteiger partial charge in [-0.05, 0) is 18.2 Å². The van der Waals surface area contributed by atoms with Crippen LogP contribution in [0.1, 0.15) is 15.9 Å². The number of halogens is 3. The monoisotopic (exact) mass is 399 g/mol. The summed E-state index contributed by atoms with van der Waals surface area (Å²) < 4.78 is 38.2. The van der Waals surface area contributed by atoms with E-state index >= 15 is 0 Å². The van der Waals surface area contributed by atoms with Crippen molar-refractivity contribution in [2.45, 2.75) is 6.18 Å². The Morgan fingerprint density at radius 2 is 1.96 bits per heavy atom. The number of nitro groups is 1. The normalized spacial score (nSPS) is 11.3. The molecule has 134 valence electrons. The number of thiazole rings is 1. The number of rotatable bonds is 4. The molecule has 0 saturated heterocycles. The summed E-state index contributed by atoms with van der Waals surface area (Å²) in [5.41, 5.74) is -0.695. The molecular formula is C15H8F3N3O3S2. The fourth-order valence-corrected chi connectivity index (χ4v) is 3.60. The molecule has 0 aliphatic carbocycles. The van der Waals surface area contributed by atoms with Gasteiger partial charge in [-0.15, -0.1) is 22.7 Å². The van der Waals surface area contributed by atoms with Crippen LogP contribution in [0, 0.1) is 10.1 Å². The lowest BCUT2D eigenvalue weighted by Crippen LogP contribution is -2.13. The molecule has 1 amide bonds. The summed E-state index contributed by atoms with van der Waals surface area (Å²) in [6.07, 6.45) is -4.54. The second kappa shape index (κ2) is 6.84. The highest BCUT2D eigenvalue weighted by molar-refractivity contribution is 7.16. The maximum absolute atomic E-state index is 12.7. The summed E-state index contributed by atoms with van der Waals surface area (Å²) in [7, 11) is 0. The van der Waals surface area contributed by atoms with Crippen LogP contribution in [0.2, 0.25) is 0 Å². The van der Waals surface area contributed by atoms with Crippen LogP contribution in [0.25, 0.3) is 10.6 Å². The Balaban J connectivity index is 1.76. The fourth-order valence-electron chi connectivity index (χ4n) is 2.01. The number of amides is 1. The molecular weight excluding hydrogens is 391 g/mol. The van der Waals surface area contributed by atoms with Crippen molar-refractivity contribution in [3.63, 3.8) is 0 Å². The summed E-state index contributed by atoms with van der Waals surface area (Å²) in [5.74, 6) is -0.728. The summed E-state index contributed by atoms with van der Waals surface area (Å²) in [6, 6.07) is 5.41. The Morgan fingerprint density at radius 3 is 2.62 bits per heavy atom. The summed E-state index contributed by atoms with van der Waals surface area (Å²) in [6.45, 7) is 0. The topological polar surface area (TPSA) is 85.1 Å². The number of carbonyl (C=O) groups is 1. The molecule has 3 rings (SSSR count). The van der Waals surface area contributed by atoms with Crippen molar-refractivity contribution in [1.82, 2.24) is 4.98 Å². The molecule has 0 bridgehead atoms. The third-order valence-electron chi connectivity index (χ3n) is 3.23. The number of hydrogen-bond donors (Lipinski definition) is 1. The van der Waals surface area contributed by atoms with Crippen molar-refractivity contribution in [3.8, 4) is 10.6 Å². The van der Waals surface area contributed by atoms with Gasteiger partial charge >= 0.3 is 6.18 Å². The molecule has 0 unspecified atom stereocenters. The lowest BCUT2D eigenvalue weighted by atomic mass is 10.1. The van der Waals surface area contributed by atoms with Crippen LogP contribution in [-0.2, 0) is 6.18 Å². The number of anilines is 1. The Kier molecular flexibility index (Phi) is 4.74. The number of benzene rings is 1. The van der Waals surface area contributed by atoms with E-state index in [1.165, 1.54) is 17.5 Å². The highest BCUT2D eigenvalue weighted by Crippen LogP contribution is 2.33. The van der Waals surface area contributed by atoms with E-state index in [0.717, 1.165) is 40.9 Å². The molecule has 0 aliphatic heterocycles. The first-order valence-corrected chi connectivity index (χ1v) is 8.67. The van der Waals surface area contributed by atoms with Crippen LogP contribution in [0.5, 0.6) is 0 Å². The van der Waals surface area contributed by atoms with Gasteiger partial charge in [0.05, 0.1) is 26.4 Å². The molecule has 0 saturated carbocycles. The zero-order valence-corrected chi connectivity index (χ0v) is 14.2. The van der Waals surface area contributed by atoms with Gasteiger partial charge in [0.25, 0.3) is 11.6 Å². The summed E-state index contributed by atoms with van der Waals surface area (Å²) >= 11 is 2.20. The lowest BCUT2D eigenvalue weighted by molar-refractivity contribution is -0.384. The molecule has 0 fully saturated rings. The Hall–Kier alpha value is -2.79. The Labute approximate surface area is 152 Å². The van der Waals surface area contributed by atoms with Crippen molar-refractivity contribution in [1.29, 1.82) is 0 Å². The number of nitrogens with zero attached hydrogens (tertiary/aromatic N) is 2. The van der Waals surface area contributed by atoms with Gasteiger partial charge in [-0.25, -0.2) is 4.98 Å². The van der Waals surface area contributed by atoms with Crippen molar-refractivity contribution in [2.24, 2.45) is 0 Å². The van der Waals surface area contributed by atoms with E-state index in [4.69, 9.17) is 0 Å². The summed E-state index contributed by atoms with van der Waals surface area (Å²) in [5, 5.41) is 16.3. The van der Waals surface area contributed by atoms with Gasteiger partial charge in [-0.3, -0.25) is 20.2 Å². The molecule has 26 heavy (non-hydrogen) atoms. The fraction of sp³-hybridized carbons (Fsp3) is 0.0667. The highest BCUT2D eigenvalue weighted by Gasteiger charge is 2.31. The minimum Gasteiger partial charge on any atom is -0.298 e. The SMILES string of the molecule is O=C(Nc1nc(-c2cc([N+](=O)[O-])cs2)cs1)c1cccc(C(F)(F)F)c1. The molecule has 0 atom stereocenters. The maximum Gasteiger partial charge on any atom is 0.416 e. The van der Waals surface area contributed by atoms with Gasteiger partial charge in [0.1, 0.15) is 0 Å². The standard InChI is InChI=1S/C15H8F3N3O3S2/c16-15(17,18)9-3-1-2-8(4-9)13(22)20-14-19-11(7-26-14)12-5-10(6-25-12)21(23)24/h1-7H,(H,19,20,22). The quantitative estimate of drug-likeness (QED) is 0.491. The van der Waals surface area contributed by atoms with Crippen LogP contribution in [0.3, 0.4) is 0 Å². The van der Waals surface area contributed by atoms with Crippen molar-refractivity contribution in [2.75, 3.05) is 5.32 Å². The molecule has 1 aromatic carbocycles. The number of nitrogens with one attached hydrogen (secondary N) is 1. The van der Waals surface area contributed by atoms with Crippen LogP contribution >= 0.6 is 22.7 Å². The van der Waals surface area contributed by atoms with Crippen LogP contribution in [0.4, 0.5) is 24.0 Å². The van der Waals surface area contributed by atoms with Gasteiger partial charge in [-0.1, -0.05) is 6.07 Å². The van der Waals surface area contributed by atoms with Gasteiger partial charge in [0, 0.05) is 17.0 Å². The molecule has 1 N–H and O–H groups in total. The molecule has 6 nitrogen and oxygen atoms in total. The third kappa shape index (κ3) is 3.89. The maximum atomic E-state index is 12.7. The van der Waals surface area contributed by atoms with Gasteiger partial charge in [-0.2, -0.15) is 13.2 Å². The van der Waals surface area contributed by atoms with Gasteiger partial charge in [0.15, 0.2) is 5.13 Å². The van der Waals surface area contributed by atoms with E-state index < -0.39 is 22.6 Å². The van der Waals surface area contributed by atoms with E-state index in [9.17, 15) is 28.1 Å². The molecule has 11 heteroatoms. The Bertz CT molecular complexity index is 982. The first-order chi connectivity index (χ1) is 12.2. The zero-order chi connectivity index (χ0) is 18.9. The molecule has 2 heterocycles. The van der Waals surface area contributed by atoms with Crippen molar-refractivity contribution in [3.05, 3.63) is 62.3 Å². The van der Waals surface area contributed by atoms with E-state index in [1.54, 1.807) is 5.38 Å². The molecule has 0 radical (unpaired) electrons. The number of alkyl halides is 3. The van der Waals surface area contributed by atoms with E-state index in [1.807, 2.05) is 0 Å². The van der Waals surface area contributed by atoms with Crippen molar-refractivity contribution < 1.29 is 22.9 Å². The van der Waals surface area contributed by atoms with Crippen LogP contribution in [-0.4, -0.2) is 15.8 Å². The first-order valence-electron chi connectivity index (χ1n) is 6.91. The van der Waals surface area contributed by atoms with Crippen molar-refractivity contribution >= 4 is 39.4 Å². The molecule has 3 aromatic rings. The second-order valence-corrected chi connectivity index (χ2v) is 6.77. The predicted molar refractivity (Wildman–Crippen MR) is 91.5 cm³/mol. The smallest absolute Gasteiger partial charge is 0.298 e. The predicted octanol–water partition coefficient (Wildman–Crippen LogP) is 5.05. The largest absolute Gasteiger partial charge is 0.416 e. The van der Waals surface area contributed by atoms with E-state index in [-0.39, 0.29) is 16.4 Å². The Morgan fingerprint density at radius 1 is 1.19 bits per heavy atom. The zero-order valence-electron chi connectivity index (χ0n) is 12.6. The van der Waals surface area contributed by atoms with Crippen LogP contribution < -0.4 is 5.32 Å². The number of carbonyl (C=O) groups excluding carboxylic acids is 1. The lowest BCUT2D eigenvalue weighted by Gasteiger charge is -2.08. The van der Waals surface area contributed by atoms with Crippen LogP contribution in [0.15, 0.2) is 41.1 Å². The van der Waals surface area contributed by atoms with E-state index in [2.05, 4.69) is 10.3 Å². The number of thiophene rings is 1. The third-order valence-corrected chi connectivity index (χ3v) is 4.92. The summed E-state index contributed by atoms with van der Waals surface area (Å²) in [4.78, 5) is 27.0. The second-order valence-electron chi connectivity index (χ2n) is 5.00. The molecule has 2 aromatic heterocycles. The number of aromatic nitrogens is 1. The minimum absolute atomic E-state index is 0.0625. The average molecular weight is 399 g/mol. The molecule has 0 aliphatic rings. The van der Waals surface area contributed by atoms with Gasteiger partial charge in [0.2, 0.25) is 0 Å². The molecule has 0 spiro atoms.